The Morgan fingerprint density at radius 1 is 1.04 bits per heavy atom. The van der Waals surface area contributed by atoms with E-state index in [1.54, 1.807) is 0 Å². The first kappa shape index (κ1) is 18.3. The fraction of sp³-hybridized carbons (Fsp3) is 0.381. The van der Waals surface area contributed by atoms with E-state index in [-0.39, 0.29) is 5.91 Å². The molecule has 0 saturated carbocycles. The minimum atomic E-state index is 0.0784. The predicted octanol–water partition coefficient (Wildman–Crippen LogP) is 1.22. The van der Waals surface area contributed by atoms with Gasteiger partial charge in [0.2, 0.25) is 0 Å². The second-order valence-corrected chi connectivity index (χ2v) is 6.48. The summed E-state index contributed by atoms with van der Waals surface area (Å²) in [7, 11) is 0. The summed E-state index contributed by atoms with van der Waals surface area (Å²) >= 11 is 0. The van der Waals surface area contributed by atoms with Gasteiger partial charge in [-0.05, 0) is 36.8 Å². The highest BCUT2D eigenvalue weighted by atomic mass is 16.5. The normalized spacial score (nSPS) is 15.8. The van der Waals surface area contributed by atoms with Gasteiger partial charge in [0.25, 0.3) is 5.91 Å². The summed E-state index contributed by atoms with van der Waals surface area (Å²) in [6.45, 7) is 6.01. The van der Waals surface area contributed by atoms with Crippen LogP contribution in [0.5, 0.6) is 11.5 Å². The summed E-state index contributed by atoms with van der Waals surface area (Å²) in [5.41, 5.74) is 2.78. The van der Waals surface area contributed by atoms with Gasteiger partial charge in [0.1, 0.15) is 24.7 Å². The van der Waals surface area contributed by atoms with Gasteiger partial charge >= 0.3 is 0 Å². The second kappa shape index (κ2) is 9.25. The molecule has 5 nitrogen and oxygen atoms in total. The lowest BCUT2D eigenvalue weighted by Gasteiger charge is -2.25. The largest absolute Gasteiger partial charge is 0.494 e. The Morgan fingerprint density at radius 2 is 1.73 bits per heavy atom. The van der Waals surface area contributed by atoms with Crippen molar-refractivity contribution >= 4 is 5.91 Å². The van der Waals surface area contributed by atoms with Crippen LogP contribution in [-0.2, 0) is 17.8 Å². The molecule has 0 aromatic heterocycles. The van der Waals surface area contributed by atoms with Gasteiger partial charge in [-0.15, -0.1) is 0 Å². The fourth-order valence-electron chi connectivity index (χ4n) is 3.24. The molecule has 0 aliphatic carbocycles. The molecule has 0 fully saturated rings. The second-order valence-electron chi connectivity index (χ2n) is 6.48. The van der Waals surface area contributed by atoms with Crippen molar-refractivity contribution in [2.45, 2.75) is 19.9 Å². The first-order chi connectivity index (χ1) is 12.7. The molecule has 26 heavy (non-hydrogen) atoms. The highest BCUT2D eigenvalue weighted by Gasteiger charge is 2.21. The summed E-state index contributed by atoms with van der Waals surface area (Å²) < 4.78 is 11.0. The lowest BCUT2D eigenvalue weighted by atomic mass is 10.00. The molecule has 0 radical (unpaired) electrons. The van der Waals surface area contributed by atoms with Crippen LogP contribution >= 0.6 is 0 Å². The van der Waals surface area contributed by atoms with Crippen LogP contribution in [0.15, 0.2) is 48.5 Å². The van der Waals surface area contributed by atoms with Gasteiger partial charge in [-0.3, -0.25) is 4.79 Å². The maximum absolute atomic E-state index is 12.1. The minimum Gasteiger partial charge on any atom is -0.494 e. The third-order valence-electron chi connectivity index (χ3n) is 4.54. The van der Waals surface area contributed by atoms with Gasteiger partial charge in [-0.2, -0.15) is 0 Å². The molecule has 0 saturated heterocycles. The Bertz CT molecular complexity index is 715. The number of carbonyl (C=O) groups excluding carboxylic acids is 1. The van der Waals surface area contributed by atoms with Gasteiger partial charge in [-0.1, -0.05) is 24.3 Å². The first-order valence-electron chi connectivity index (χ1n) is 9.27. The molecule has 1 aliphatic rings. The SMILES string of the molecule is CCOc1ccc(OCCNC(=O)C[NH+]2CCc3ccccc3C2)cc1. The average molecular weight is 355 g/mol. The van der Waals surface area contributed by atoms with E-state index in [2.05, 4.69) is 29.6 Å². The molecule has 1 atom stereocenters. The molecule has 1 amide bonds. The molecule has 138 valence electrons. The molecule has 2 aromatic rings. The van der Waals surface area contributed by atoms with Crippen LogP contribution in [0.2, 0.25) is 0 Å². The summed E-state index contributed by atoms with van der Waals surface area (Å²) in [5.74, 6) is 1.69. The van der Waals surface area contributed by atoms with Crippen molar-refractivity contribution in [3.8, 4) is 11.5 Å². The Kier molecular flexibility index (Phi) is 6.50. The number of quaternary nitrogens is 1. The topological polar surface area (TPSA) is 52.0 Å². The smallest absolute Gasteiger partial charge is 0.275 e. The van der Waals surface area contributed by atoms with E-state index in [1.165, 1.54) is 16.0 Å². The van der Waals surface area contributed by atoms with Crippen LogP contribution in [0, 0.1) is 0 Å². The van der Waals surface area contributed by atoms with E-state index < -0.39 is 0 Å². The standard InChI is InChI=1S/C21H26N2O3/c1-2-25-19-7-9-20(10-8-19)26-14-12-22-21(24)16-23-13-11-17-5-3-4-6-18(17)15-23/h3-10H,2,11-16H2,1H3,(H,22,24)/p+1. The van der Waals surface area contributed by atoms with Crippen molar-refractivity contribution in [1.82, 2.24) is 5.32 Å². The van der Waals surface area contributed by atoms with Crippen LogP contribution in [0.4, 0.5) is 0 Å². The fourth-order valence-corrected chi connectivity index (χ4v) is 3.24. The van der Waals surface area contributed by atoms with Crippen LogP contribution in [0.1, 0.15) is 18.1 Å². The van der Waals surface area contributed by atoms with Gasteiger partial charge in [0.05, 0.1) is 19.7 Å². The van der Waals surface area contributed by atoms with Crippen molar-refractivity contribution in [2.75, 3.05) is 32.8 Å². The number of amides is 1. The van der Waals surface area contributed by atoms with Gasteiger partial charge in [-0.25, -0.2) is 0 Å². The monoisotopic (exact) mass is 355 g/mol. The molecule has 2 N–H and O–H groups in total. The van der Waals surface area contributed by atoms with Crippen molar-refractivity contribution in [3.63, 3.8) is 0 Å². The Labute approximate surface area is 154 Å². The van der Waals surface area contributed by atoms with E-state index in [9.17, 15) is 4.79 Å². The predicted molar refractivity (Wildman–Crippen MR) is 101 cm³/mol. The zero-order valence-electron chi connectivity index (χ0n) is 15.3. The van der Waals surface area contributed by atoms with Gasteiger partial charge in [0.15, 0.2) is 6.54 Å². The van der Waals surface area contributed by atoms with E-state index in [4.69, 9.17) is 9.47 Å². The Morgan fingerprint density at radius 3 is 2.46 bits per heavy atom. The maximum Gasteiger partial charge on any atom is 0.275 e. The molecule has 3 rings (SSSR count). The van der Waals surface area contributed by atoms with Crippen LogP contribution in [-0.4, -0.2) is 38.8 Å². The minimum absolute atomic E-state index is 0.0784. The lowest BCUT2D eigenvalue weighted by Crippen LogP contribution is -3.12. The highest BCUT2D eigenvalue weighted by molar-refractivity contribution is 5.76. The number of nitrogens with one attached hydrogen (secondary N) is 2. The molecular weight excluding hydrogens is 328 g/mol. The number of rotatable bonds is 8. The number of fused-ring (bicyclic) bond motifs is 1. The van der Waals surface area contributed by atoms with Crippen LogP contribution < -0.4 is 19.7 Å². The summed E-state index contributed by atoms with van der Waals surface area (Å²) in [4.78, 5) is 13.5. The molecule has 1 aliphatic heterocycles. The molecule has 2 aromatic carbocycles. The quantitative estimate of drug-likeness (QED) is 0.700. The Balaban J connectivity index is 1.34. The van der Waals surface area contributed by atoms with E-state index in [1.807, 2.05) is 31.2 Å². The summed E-state index contributed by atoms with van der Waals surface area (Å²) in [6.07, 6.45) is 1.04. The molecule has 5 heteroatoms. The molecule has 1 unspecified atom stereocenters. The van der Waals surface area contributed by atoms with Gasteiger partial charge in [0, 0.05) is 12.0 Å². The van der Waals surface area contributed by atoms with Crippen molar-refractivity contribution in [1.29, 1.82) is 0 Å². The van der Waals surface area contributed by atoms with Crippen molar-refractivity contribution in [3.05, 3.63) is 59.7 Å². The summed E-state index contributed by atoms with van der Waals surface area (Å²) in [6, 6.07) is 16.0. The zero-order chi connectivity index (χ0) is 18.2. The number of ether oxygens (including phenoxy) is 2. The van der Waals surface area contributed by atoms with Crippen LogP contribution in [0.3, 0.4) is 0 Å². The van der Waals surface area contributed by atoms with E-state index >= 15 is 0 Å². The first-order valence-corrected chi connectivity index (χ1v) is 9.27. The van der Waals surface area contributed by atoms with E-state index in [0.717, 1.165) is 31.0 Å². The number of benzene rings is 2. The third-order valence-corrected chi connectivity index (χ3v) is 4.54. The summed E-state index contributed by atoms with van der Waals surface area (Å²) in [5, 5.41) is 2.95. The van der Waals surface area contributed by atoms with E-state index in [0.29, 0.717) is 26.3 Å². The van der Waals surface area contributed by atoms with Gasteiger partial charge < -0.3 is 19.7 Å². The maximum atomic E-state index is 12.1. The Hall–Kier alpha value is -2.53. The van der Waals surface area contributed by atoms with Crippen molar-refractivity contribution < 1.29 is 19.2 Å². The third kappa shape index (κ3) is 5.23. The highest BCUT2D eigenvalue weighted by Crippen LogP contribution is 2.17. The molecule has 1 heterocycles. The van der Waals surface area contributed by atoms with Crippen molar-refractivity contribution in [2.24, 2.45) is 0 Å². The molecule has 0 spiro atoms. The zero-order valence-corrected chi connectivity index (χ0v) is 15.3. The van der Waals surface area contributed by atoms with Crippen LogP contribution in [0.25, 0.3) is 0 Å². The average Bonchev–Trinajstić information content (AvgIpc) is 2.67. The molecular formula is C21H27N2O3+. The number of hydrogen-bond acceptors (Lipinski definition) is 3. The number of hydrogen-bond donors (Lipinski definition) is 2. The molecule has 0 bridgehead atoms. The lowest BCUT2D eigenvalue weighted by molar-refractivity contribution is -0.908. The number of carbonyl (C=O) groups is 1.